The molecule has 8 heteroatoms. The summed E-state index contributed by atoms with van der Waals surface area (Å²) < 4.78 is 13.8. The van der Waals surface area contributed by atoms with Crippen molar-refractivity contribution in [2.24, 2.45) is 0 Å². The third-order valence-electron chi connectivity index (χ3n) is 5.06. The number of fused-ring (bicyclic) bond motifs is 2. The van der Waals surface area contributed by atoms with Gasteiger partial charge in [-0.15, -0.1) is 0 Å². The molecule has 7 nitrogen and oxygen atoms in total. The Bertz CT molecular complexity index is 1460. The number of nitrogens with zero attached hydrogens (tertiary/aromatic N) is 4. The van der Waals surface area contributed by atoms with Gasteiger partial charge in [-0.05, 0) is 43.3 Å². The molecule has 5 aromatic rings. The number of anilines is 1. The van der Waals surface area contributed by atoms with E-state index in [0.717, 1.165) is 11.3 Å². The standard InChI is InChI=1S/C23H17FN6O/c1-13(29-23-20-19(31)7-9-26-22(20)27-12-28-23)21-16(18-4-2-3-8-25-18)11-14-10-15(24)5-6-17(14)30-21/h2-13H,1H3,(H2,26,27,28,29,31). The van der Waals surface area contributed by atoms with Gasteiger partial charge in [0.25, 0.3) is 0 Å². The first-order valence-corrected chi connectivity index (χ1v) is 9.71. The van der Waals surface area contributed by atoms with Crippen LogP contribution < -0.4 is 10.7 Å². The van der Waals surface area contributed by atoms with Gasteiger partial charge < -0.3 is 10.3 Å². The van der Waals surface area contributed by atoms with Crippen LogP contribution in [-0.2, 0) is 0 Å². The number of halogens is 1. The second-order valence-corrected chi connectivity index (χ2v) is 7.13. The van der Waals surface area contributed by atoms with Crippen molar-refractivity contribution in [3.05, 3.63) is 89.0 Å². The van der Waals surface area contributed by atoms with E-state index in [9.17, 15) is 9.18 Å². The van der Waals surface area contributed by atoms with E-state index in [1.807, 2.05) is 31.2 Å². The molecule has 0 amide bonds. The second-order valence-electron chi connectivity index (χ2n) is 7.13. The van der Waals surface area contributed by atoms with Gasteiger partial charge in [-0.3, -0.25) is 9.78 Å². The van der Waals surface area contributed by atoms with E-state index >= 15 is 0 Å². The number of nitrogens with one attached hydrogen (secondary N) is 2. The summed E-state index contributed by atoms with van der Waals surface area (Å²) in [5.41, 5.74) is 3.12. The zero-order valence-electron chi connectivity index (χ0n) is 16.5. The highest BCUT2D eigenvalue weighted by Crippen LogP contribution is 2.31. The molecule has 1 unspecified atom stereocenters. The average molecular weight is 412 g/mol. The number of pyridine rings is 3. The van der Waals surface area contributed by atoms with E-state index < -0.39 is 0 Å². The minimum Gasteiger partial charge on any atom is -0.361 e. The molecule has 0 aliphatic rings. The highest BCUT2D eigenvalue weighted by Gasteiger charge is 2.18. The molecule has 0 saturated carbocycles. The van der Waals surface area contributed by atoms with Crippen molar-refractivity contribution in [2.75, 3.05) is 5.32 Å². The molecule has 4 aromatic heterocycles. The Morgan fingerprint density at radius 3 is 2.81 bits per heavy atom. The molecule has 31 heavy (non-hydrogen) atoms. The fraction of sp³-hybridized carbons (Fsp3) is 0.0870. The quantitative estimate of drug-likeness (QED) is 0.458. The highest BCUT2D eigenvalue weighted by molar-refractivity contribution is 5.87. The van der Waals surface area contributed by atoms with E-state index in [0.29, 0.717) is 33.4 Å². The Morgan fingerprint density at radius 2 is 1.97 bits per heavy atom. The monoisotopic (exact) mass is 412 g/mol. The molecule has 0 saturated heterocycles. The summed E-state index contributed by atoms with van der Waals surface area (Å²) in [5.74, 6) is 0.0826. The first-order valence-electron chi connectivity index (χ1n) is 9.71. The Kier molecular flexibility index (Phi) is 4.59. The maximum atomic E-state index is 13.8. The van der Waals surface area contributed by atoms with E-state index in [1.54, 1.807) is 18.5 Å². The molecule has 1 aromatic carbocycles. The highest BCUT2D eigenvalue weighted by atomic mass is 19.1. The van der Waals surface area contributed by atoms with Crippen molar-refractivity contribution < 1.29 is 4.39 Å². The van der Waals surface area contributed by atoms with Crippen molar-refractivity contribution in [2.45, 2.75) is 13.0 Å². The van der Waals surface area contributed by atoms with E-state index in [1.165, 1.54) is 24.5 Å². The molecule has 5 rings (SSSR count). The van der Waals surface area contributed by atoms with Crippen molar-refractivity contribution in [3.63, 3.8) is 0 Å². The van der Waals surface area contributed by atoms with Gasteiger partial charge in [0, 0.05) is 29.4 Å². The minimum absolute atomic E-state index is 0.184. The van der Waals surface area contributed by atoms with Crippen LogP contribution in [0.25, 0.3) is 33.2 Å². The van der Waals surface area contributed by atoms with Crippen LogP contribution in [0.5, 0.6) is 0 Å². The molecule has 0 spiro atoms. The molecule has 0 bridgehead atoms. The van der Waals surface area contributed by atoms with Crippen LogP contribution in [0.4, 0.5) is 10.2 Å². The van der Waals surface area contributed by atoms with Gasteiger partial charge in [0.05, 0.1) is 22.9 Å². The maximum absolute atomic E-state index is 13.8. The fourth-order valence-corrected chi connectivity index (χ4v) is 3.61. The summed E-state index contributed by atoms with van der Waals surface area (Å²) in [4.78, 5) is 33.0. The summed E-state index contributed by atoms with van der Waals surface area (Å²) in [6, 6.07) is 13.1. The molecule has 0 fully saturated rings. The van der Waals surface area contributed by atoms with Gasteiger partial charge >= 0.3 is 0 Å². The van der Waals surface area contributed by atoms with Gasteiger partial charge in [-0.25, -0.2) is 19.3 Å². The molecular formula is C23H17FN6O. The number of hydrogen-bond acceptors (Lipinski definition) is 6. The molecule has 1 atom stereocenters. The van der Waals surface area contributed by atoms with Crippen LogP contribution in [0, 0.1) is 5.82 Å². The van der Waals surface area contributed by atoms with Gasteiger partial charge in [0.1, 0.15) is 29.0 Å². The molecule has 0 aliphatic carbocycles. The third-order valence-corrected chi connectivity index (χ3v) is 5.06. The average Bonchev–Trinajstić information content (AvgIpc) is 2.79. The summed E-state index contributed by atoms with van der Waals surface area (Å²) in [6.07, 6.45) is 4.64. The van der Waals surface area contributed by atoms with Crippen molar-refractivity contribution >= 4 is 27.8 Å². The van der Waals surface area contributed by atoms with E-state index in [4.69, 9.17) is 4.98 Å². The van der Waals surface area contributed by atoms with Gasteiger partial charge in [-0.2, -0.15) is 0 Å². The molecule has 2 N–H and O–H groups in total. The molecule has 0 aliphatic heterocycles. The lowest BCUT2D eigenvalue weighted by Crippen LogP contribution is -2.14. The largest absolute Gasteiger partial charge is 0.361 e. The summed E-state index contributed by atoms with van der Waals surface area (Å²) in [6.45, 7) is 1.93. The van der Waals surface area contributed by atoms with Crippen molar-refractivity contribution in [1.29, 1.82) is 0 Å². The molecule has 0 radical (unpaired) electrons. The number of hydrogen-bond donors (Lipinski definition) is 2. The SMILES string of the molecule is CC(Nc1ncnc2[nH]ccc(=O)c12)c1nc2ccc(F)cc2cc1-c1ccccn1. The Hall–Kier alpha value is -4.20. The summed E-state index contributed by atoms with van der Waals surface area (Å²) in [5, 5.41) is 4.35. The zero-order chi connectivity index (χ0) is 21.4. The zero-order valence-corrected chi connectivity index (χ0v) is 16.5. The van der Waals surface area contributed by atoms with Crippen LogP contribution >= 0.6 is 0 Å². The van der Waals surface area contributed by atoms with Crippen LogP contribution in [0.1, 0.15) is 18.7 Å². The maximum Gasteiger partial charge on any atom is 0.194 e. The predicted octanol–water partition coefficient (Wildman–Crippen LogP) is 4.24. The summed E-state index contributed by atoms with van der Waals surface area (Å²) >= 11 is 0. The predicted molar refractivity (Wildman–Crippen MR) is 117 cm³/mol. The normalized spacial score (nSPS) is 12.2. The van der Waals surface area contributed by atoms with Crippen LogP contribution in [0.3, 0.4) is 0 Å². The lowest BCUT2D eigenvalue weighted by Gasteiger charge is -2.19. The Morgan fingerprint density at radius 1 is 1.06 bits per heavy atom. The van der Waals surface area contributed by atoms with Gasteiger partial charge in [0.15, 0.2) is 5.43 Å². The van der Waals surface area contributed by atoms with Gasteiger partial charge in [-0.1, -0.05) is 6.07 Å². The first-order chi connectivity index (χ1) is 15.1. The lowest BCUT2D eigenvalue weighted by molar-refractivity contribution is 0.629. The number of aromatic nitrogens is 5. The van der Waals surface area contributed by atoms with Crippen LogP contribution in [0.2, 0.25) is 0 Å². The van der Waals surface area contributed by atoms with Crippen LogP contribution in [0.15, 0.2) is 72.0 Å². The molecule has 4 heterocycles. The number of rotatable bonds is 4. The summed E-state index contributed by atoms with van der Waals surface area (Å²) in [7, 11) is 0. The number of aromatic amines is 1. The fourth-order valence-electron chi connectivity index (χ4n) is 3.61. The Labute approximate surface area is 176 Å². The van der Waals surface area contributed by atoms with Gasteiger partial charge in [0.2, 0.25) is 0 Å². The minimum atomic E-state index is -0.329. The second kappa shape index (κ2) is 7.56. The van der Waals surface area contributed by atoms with E-state index in [-0.39, 0.29) is 17.3 Å². The number of benzene rings is 1. The van der Waals surface area contributed by atoms with Crippen molar-refractivity contribution in [1.82, 2.24) is 24.9 Å². The van der Waals surface area contributed by atoms with E-state index in [2.05, 4.69) is 25.3 Å². The molecule has 152 valence electrons. The smallest absolute Gasteiger partial charge is 0.194 e. The molecular weight excluding hydrogens is 395 g/mol. The topological polar surface area (TPSA) is 96.5 Å². The van der Waals surface area contributed by atoms with Crippen LogP contribution in [-0.4, -0.2) is 24.9 Å². The van der Waals surface area contributed by atoms with Crippen molar-refractivity contribution in [3.8, 4) is 11.3 Å². The Balaban J connectivity index is 1.66. The third kappa shape index (κ3) is 3.48. The number of H-pyrrole nitrogens is 1. The lowest BCUT2D eigenvalue weighted by atomic mass is 10.0. The first kappa shape index (κ1) is 18.8.